The summed E-state index contributed by atoms with van der Waals surface area (Å²) in [5.41, 5.74) is 6.61. The van der Waals surface area contributed by atoms with Gasteiger partial charge < -0.3 is 10.1 Å². The Hall–Kier alpha value is -3.86. The number of carbonyl (C=O) groups is 2. The van der Waals surface area contributed by atoms with Crippen LogP contribution in [0, 0.1) is 12.8 Å². The molecule has 194 valence electrons. The first-order valence-electron chi connectivity index (χ1n) is 13.7. The van der Waals surface area contributed by atoms with Crippen molar-refractivity contribution in [2.75, 3.05) is 10.2 Å². The Morgan fingerprint density at radius 1 is 0.921 bits per heavy atom. The van der Waals surface area contributed by atoms with Crippen LogP contribution in [0.1, 0.15) is 68.2 Å². The summed E-state index contributed by atoms with van der Waals surface area (Å²) in [5, 5.41) is 3.62. The van der Waals surface area contributed by atoms with E-state index < -0.39 is 6.04 Å². The standard InChI is InChI=1S/C33H34N2O3/c1-20(2)38-26-16-14-23(15-17-26)32-31-28(18-25(19-30(31)36)22-10-8-21(3)9-11-22)34-27-6-4-5-7-29(27)35(32)33(37)24-12-13-24/h4-11,14-17,20,24-25,32,34H,12-13,18-19H2,1-3H3/t25-,32+/m1/s1. The molecule has 1 amide bonds. The number of ether oxygens (including phenoxy) is 1. The fourth-order valence-electron chi connectivity index (χ4n) is 5.75. The van der Waals surface area contributed by atoms with Crippen LogP contribution in [0.3, 0.4) is 0 Å². The van der Waals surface area contributed by atoms with E-state index in [9.17, 15) is 9.59 Å². The van der Waals surface area contributed by atoms with Gasteiger partial charge in [-0.15, -0.1) is 0 Å². The van der Waals surface area contributed by atoms with Crippen molar-refractivity contribution < 1.29 is 14.3 Å². The molecule has 0 unspecified atom stereocenters. The minimum atomic E-state index is -0.492. The third-order valence-corrected chi connectivity index (χ3v) is 7.77. The number of rotatable bonds is 5. The van der Waals surface area contributed by atoms with Crippen LogP contribution in [-0.4, -0.2) is 17.8 Å². The summed E-state index contributed by atoms with van der Waals surface area (Å²) in [5.74, 6) is 1.07. The van der Waals surface area contributed by atoms with Crippen molar-refractivity contribution in [1.82, 2.24) is 0 Å². The van der Waals surface area contributed by atoms with Gasteiger partial charge in [-0.2, -0.15) is 0 Å². The second kappa shape index (κ2) is 9.79. The number of Topliss-reactive ketones (excluding diaryl/α,β-unsaturated/α-hetero) is 1. The number of allylic oxidation sites excluding steroid dienone is 1. The van der Waals surface area contributed by atoms with Gasteiger partial charge in [0.25, 0.3) is 0 Å². The number of carbonyl (C=O) groups excluding carboxylic acids is 2. The van der Waals surface area contributed by atoms with Gasteiger partial charge in [0.15, 0.2) is 5.78 Å². The van der Waals surface area contributed by atoms with Gasteiger partial charge in [-0.05, 0) is 81.3 Å². The third kappa shape index (κ3) is 4.62. The summed E-state index contributed by atoms with van der Waals surface area (Å²) in [6, 6.07) is 23.9. The van der Waals surface area contributed by atoms with Gasteiger partial charge in [-0.1, -0.05) is 54.1 Å². The summed E-state index contributed by atoms with van der Waals surface area (Å²) < 4.78 is 5.89. The molecule has 0 spiro atoms. The van der Waals surface area contributed by atoms with E-state index in [1.54, 1.807) is 0 Å². The molecule has 5 nitrogen and oxygen atoms in total. The molecule has 3 aliphatic rings. The second-order valence-electron chi connectivity index (χ2n) is 11.1. The molecule has 0 saturated heterocycles. The highest BCUT2D eigenvalue weighted by atomic mass is 16.5. The van der Waals surface area contributed by atoms with Crippen LogP contribution in [-0.2, 0) is 9.59 Å². The van der Waals surface area contributed by atoms with E-state index in [1.807, 2.05) is 67.3 Å². The first-order valence-corrected chi connectivity index (χ1v) is 13.7. The maximum absolute atomic E-state index is 14.1. The highest BCUT2D eigenvalue weighted by Gasteiger charge is 2.45. The maximum atomic E-state index is 14.1. The van der Waals surface area contributed by atoms with Gasteiger partial charge in [0.05, 0.1) is 23.5 Å². The van der Waals surface area contributed by atoms with E-state index in [1.165, 1.54) is 11.1 Å². The van der Waals surface area contributed by atoms with Gasteiger partial charge in [0.2, 0.25) is 5.91 Å². The van der Waals surface area contributed by atoms with Crippen molar-refractivity contribution in [1.29, 1.82) is 0 Å². The molecule has 2 atom stereocenters. The van der Waals surface area contributed by atoms with Crippen LogP contribution in [0.4, 0.5) is 11.4 Å². The average molecular weight is 507 g/mol. The van der Waals surface area contributed by atoms with Gasteiger partial charge in [-0.25, -0.2) is 0 Å². The van der Waals surface area contributed by atoms with Crippen molar-refractivity contribution in [3.05, 3.63) is 101 Å². The summed E-state index contributed by atoms with van der Waals surface area (Å²) in [6.07, 6.45) is 3.00. The molecule has 0 bridgehead atoms. The quantitative estimate of drug-likeness (QED) is 0.401. The number of anilines is 2. The lowest BCUT2D eigenvalue weighted by Crippen LogP contribution is -2.39. The molecule has 6 rings (SSSR count). The van der Waals surface area contributed by atoms with Gasteiger partial charge in [0, 0.05) is 23.6 Å². The Kier molecular flexibility index (Phi) is 6.30. The Morgan fingerprint density at radius 3 is 2.29 bits per heavy atom. The Bertz CT molecular complexity index is 1400. The number of ketones is 1. The SMILES string of the molecule is Cc1ccc([C@H]2CC(=O)C3=C(C2)Nc2ccccc2N(C(=O)C2CC2)[C@H]3c2ccc(OC(C)C)cc2)cc1. The van der Waals surface area contributed by atoms with E-state index in [-0.39, 0.29) is 29.6 Å². The molecule has 1 N–H and O–H groups in total. The molecule has 38 heavy (non-hydrogen) atoms. The number of amides is 1. The summed E-state index contributed by atoms with van der Waals surface area (Å²) in [7, 11) is 0. The molecule has 0 radical (unpaired) electrons. The zero-order valence-corrected chi connectivity index (χ0v) is 22.2. The molecule has 1 heterocycles. The molecular weight excluding hydrogens is 472 g/mol. The number of nitrogens with zero attached hydrogens (tertiary/aromatic N) is 1. The number of hydrogen-bond donors (Lipinski definition) is 1. The third-order valence-electron chi connectivity index (χ3n) is 7.77. The molecule has 1 saturated carbocycles. The fraction of sp³-hybridized carbons (Fsp3) is 0.333. The minimum Gasteiger partial charge on any atom is -0.491 e. The zero-order valence-electron chi connectivity index (χ0n) is 22.2. The normalized spacial score (nSPS) is 20.9. The largest absolute Gasteiger partial charge is 0.491 e. The number of para-hydroxylation sites is 2. The number of fused-ring (bicyclic) bond motifs is 1. The fourth-order valence-corrected chi connectivity index (χ4v) is 5.75. The van der Waals surface area contributed by atoms with Gasteiger partial charge >= 0.3 is 0 Å². The predicted molar refractivity (Wildman–Crippen MR) is 150 cm³/mol. The van der Waals surface area contributed by atoms with Crippen molar-refractivity contribution in [2.24, 2.45) is 5.92 Å². The molecule has 0 aromatic heterocycles. The van der Waals surface area contributed by atoms with Crippen LogP contribution in [0.25, 0.3) is 0 Å². The van der Waals surface area contributed by atoms with Crippen molar-refractivity contribution in [3.8, 4) is 5.75 Å². The molecule has 1 aliphatic heterocycles. The molecule has 3 aromatic rings. The Balaban J connectivity index is 1.49. The average Bonchev–Trinajstić information content (AvgIpc) is 3.75. The lowest BCUT2D eigenvalue weighted by Gasteiger charge is -2.35. The molecular formula is C33H34N2O3. The monoisotopic (exact) mass is 506 g/mol. The summed E-state index contributed by atoms with van der Waals surface area (Å²) >= 11 is 0. The molecule has 3 aromatic carbocycles. The second-order valence-corrected chi connectivity index (χ2v) is 11.1. The van der Waals surface area contributed by atoms with Crippen molar-refractivity contribution in [2.45, 2.75) is 64.5 Å². The van der Waals surface area contributed by atoms with E-state index in [0.717, 1.165) is 47.6 Å². The van der Waals surface area contributed by atoms with Gasteiger partial charge in [0.1, 0.15) is 5.75 Å². The maximum Gasteiger partial charge on any atom is 0.231 e. The molecule has 5 heteroatoms. The lowest BCUT2D eigenvalue weighted by molar-refractivity contribution is -0.120. The van der Waals surface area contributed by atoms with Crippen LogP contribution >= 0.6 is 0 Å². The Morgan fingerprint density at radius 2 is 1.61 bits per heavy atom. The smallest absolute Gasteiger partial charge is 0.231 e. The van der Waals surface area contributed by atoms with E-state index in [0.29, 0.717) is 12.0 Å². The number of aryl methyl sites for hydroxylation is 1. The summed E-state index contributed by atoms with van der Waals surface area (Å²) in [6.45, 7) is 6.08. The van der Waals surface area contributed by atoms with Crippen LogP contribution in [0.2, 0.25) is 0 Å². The van der Waals surface area contributed by atoms with Crippen LogP contribution in [0.5, 0.6) is 5.75 Å². The molecule has 2 aliphatic carbocycles. The predicted octanol–water partition coefficient (Wildman–Crippen LogP) is 7.09. The lowest BCUT2D eigenvalue weighted by atomic mass is 9.78. The van der Waals surface area contributed by atoms with E-state index in [4.69, 9.17) is 4.74 Å². The number of nitrogens with one attached hydrogen (secondary N) is 1. The summed E-state index contributed by atoms with van der Waals surface area (Å²) in [4.78, 5) is 29.9. The van der Waals surface area contributed by atoms with E-state index >= 15 is 0 Å². The minimum absolute atomic E-state index is 0.00949. The van der Waals surface area contributed by atoms with Gasteiger partial charge in [-0.3, -0.25) is 14.5 Å². The highest BCUT2D eigenvalue weighted by molar-refractivity contribution is 6.07. The van der Waals surface area contributed by atoms with Crippen molar-refractivity contribution >= 4 is 23.1 Å². The van der Waals surface area contributed by atoms with Crippen LogP contribution in [0.15, 0.2) is 84.1 Å². The van der Waals surface area contributed by atoms with E-state index in [2.05, 4.69) is 36.5 Å². The van der Waals surface area contributed by atoms with Crippen molar-refractivity contribution in [3.63, 3.8) is 0 Å². The zero-order chi connectivity index (χ0) is 26.4. The molecule has 1 fully saturated rings. The van der Waals surface area contributed by atoms with Crippen LogP contribution < -0.4 is 15.0 Å². The first-order chi connectivity index (χ1) is 18.4. The Labute approximate surface area is 224 Å². The first kappa shape index (κ1) is 24.5. The number of hydrogen-bond acceptors (Lipinski definition) is 4. The number of benzene rings is 3. The topological polar surface area (TPSA) is 58.6 Å². The highest BCUT2D eigenvalue weighted by Crippen LogP contribution is 2.49.